The zero-order valence-corrected chi connectivity index (χ0v) is 13.1. The lowest BCUT2D eigenvalue weighted by Gasteiger charge is -2.17. The standard InChI is InChI=1S/C13H26N4O5/c1-3-21-12(18)11(16-13(19)22-9-7-14)6-4-5-8-15-10(2)17-20/h11,20H,3-9,14H2,1-2H3,(H,15,17)(H,16,19)/t11-/m0/s1. The third-order valence-corrected chi connectivity index (χ3v) is 2.66. The molecule has 0 spiro atoms. The van der Waals surface area contributed by atoms with Crippen molar-refractivity contribution in [1.82, 2.24) is 10.6 Å². The highest BCUT2D eigenvalue weighted by molar-refractivity contribution is 5.81. The number of amidine groups is 1. The van der Waals surface area contributed by atoms with E-state index in [1.165, 1.54) is 0 Å². The Bertz CT molecular complexity index is 362. The molecule has 0 aromatic heterocycles. The molecule has 1 amide bonds. The van der Waals surface area contributed by atoms with E-state index in [-0.39, 0.29) is 19.8 Å². The smallest absolute Gasteiger partial charge is 0.407 e. The zero-order valence-electron chi connectivity index (χ0n) is 13.1. The van der Waals surface area contributed by atoms with Crippen molar-refractivity contribution < 1.29 is 24.3 Å². The first-order valence-corrected chi connectivity index (χ1v) is 7.27. The molecule has 0 bridgehead atoms. The lowest BCUT2D eigenvalue weighted by Crippen LogP contribution is -2.42. The third kappa shape index (κ3) is 9.81. The molecule has 0 aromatic rings. The SMILES string of the molecule is CCOC(=O)[C@H](CCCCNC(C)=NO)NC(=O)OCCN. The second-order valence-electron chi connectivity index (χ2n) is 4.48. The predicted octanol–water partition coefficient (Wildman–Crippen LogP) is 0.171. The van der Waals surface area contributed by atoms with Crippen molar-refractivity contribution in [2.75, 3.05) is 26.3 Å². The number of rotatable bonds is 10. The molecule has 0 radical (unpaired) electrons. The van der Waals surface area contributed by atoms with Gasteiger partial charge in [0.15, 0.2) is 0 Å². The minimum Gasteiger partial charge on any atom is -0.464 e. The number of esters is 1. The minimum absolute atomic E-state index is 0.0884. The summed E-state index contributed by atoms with van der Waals surface area (Å²) in [6, 6.07) is -0.752. The molecule has 0 aliphatic rings. The number of unbranched alkanes of at least 4 members (excludes halogenated alkanes) is 1. The largest absolute Gasteiger partial charge is 0.464 e. The van der Waals surface area contributed by atoms with Crippen molar-refractivity contribution in [3.63, 3.8) is 0 Å². The molecule has 0 aliphatic heterocycles. The van der Waals surface area contributed by atoms with E-state index < -0.39 is 18.1 Å². The Morgan fingerprint density at radius 1 is 1.32 bits per heavy atom. The van der Waals surface area contributed by atoms with Crippen LogP contribution in [-0.4, -0.2) is 55.5 Å². The summed E-state index contributed by atoms with van der Waals surface area (Å²) in [7, 11) is 0. The molecular formula is C13H26N4O5. The second-order valence-corrected chi connectivity index (χ2v) is 4.48. The number of hydrogen-bond acceptors (Lipinski definition) is 7. The highest BCUT2D eigenvalue weighted by Gasteiger charge is 2.22. The van der Waals surface area contributed by atoms with Crippen molar-refractivity contribution >= 4 is 17.9 Å². The molecule has 0 saturated heterocycles. The molecule has 0 heterocycles. The number of nitrogens with zero attached hydrogens (tertiary/aromatic N) is 1. The second kappa shape index (κ2) is 12.7. The Labute approximate surface area is 130 Å². The van der Waals surface area contributed by atoms with Crippen LogP contribution in [0, 0.1) is 0 Å². The summed E-state index contributed by atoms with van der Waals surface area (Å²) < 4.78 is 9.71. The lowest BCUT2D eigenvalue weighted by atomic mass is 10.1. The molecule has 9 heteroatoms. The highest BCUT2D eigenvalue weighted by Crippen LogP contribution is 2.04. The maximum absolute atomic E-state index is 11.8. The van der Waals surface area contributed by atoms with Gasteiger partial charge >= 0.3 is 12.1 Å². The minimum atomic E-state index is -0.752. The maximum atomic E-state index is 11.8. The number of oxime groups is 1. The van der Waals surface area contributed by atoms with Crippen LogP contribution in [-0.2, 0) is 14.3 Å². The Kier molecular flexibility index (Phi) is 11.5. The number of alkyl carbamates (subject to hydrolysis) is 1. The summed E-state index contributed by atoms with van der Waals surface area (Å²) in [4.78, 5) is 23.3. The Morgan fingerprint density at radius 2 is 2.05 bits per heavy atom. The predicted molar refractivity (Wildman–Crippen MR) is 80.7 cm³/mol. The van der Waals surface area contributed by atoms with E-state index in [0.717, 1.165) is 6.42 Å². The van der Waals surface area contributed by atoms with Crippen LogP contribution >= 0.6 is 0 Å². The molecule has 1 atom stereocenters. The Hall–Kier alpha value is -2.03. The molecule has 22 heavy (non-hydrogen) atoms. The van der Waals surface area contributed by atoms with Gasteiger partial charge in [-0.2, -0.15) is 0 Å². The molecule has 128 valence electrons. The fourth-order valence-corrected chi connectivity index (χ4v) is 1.61. The van der Waals surface area contributed by atoms with Gasteiger partial charge in [-0.05, 0) is 33.1 Å². The summed E-state index contributed by atoms with van der Waals surface area (Å²) in [6.45, 7) is 4.48. The van der Waals surface area contributed by atoms with Crippen LogP contribution in [0.15, 0.2) is 5.16 Å². The molecule has 5 N–H and O–H groups in total. The fraction of sp³-hybridized carbons (Fsp3) is 0.769. The summed E-state index contributed by atoms with van der Waals surface area (Å²) in [5, 5.41) is 16.8. The molecule has 9 nitrogen and oxygen atoms in total. The van der Waals surface area contributed by atoms with E-state index in [2.05, 4.69) is 15.8 Å². The summed E-state index contributed by atoms with van der Waals surface area (Å²) in [6.07, 6.45) is 1.15. The molecule has 0 aliphatic carbocycles. The van der Waals surface area contributed by atoms with E-state index in [9.17, 15) is 9.59 Å². The normalized spacial score (nSPS) is 12.4. The number of nitrogens with two attached hydrogens (primary N) is 1. The topological polar surface area (TPSA) is 135 Å². The van der Waals surface area contributed by atoms with E-state index >= 15 is 0 Å². The molecule has 0 rings (SSSR count). The summed E-state index contributed by atoms with van der Waals surface area (Å²) >= 11 is 0. The average Bonchev–Trinajstić information content (AvgIpc) is 2.51. The number of carbonyl (C=O) groups is 2. The van der Waals surface area contributed by atoms with E-state index in [1.807, 2.05) is 0 Å². The molecule has 0 aromatic carbocycles. The van der Waals surface area contributed by atoms with Gasteiger partial charge in [0.25, 0.3) is 0 Å². The van der Waals surface area contributed by atoms with Crippen LogP contribution in [0.3, 0.4) is 0 Å². The summed E-state index contributed by atoms with van der Waals surface area (Å²) in [5.74, 6) is -0.0707. The average molecular weight is 318 g/mol. The fourth-order valence-electron chi connectivity index (χ4n) is 1.61. The van der Waals surface area contributed by atoms with Gasteiger partial charge < -0.3 is 31.0 Å². The van der Waals surface area contributed by atoms with Gasteiger partial charge in [0.1, 0.15) is 18.5 Å². The maximum Gasteiger partial charge on any atom is 0.407 e. The molecule has 0 unspecified atom stereocenters. The summed E-state index contributed by atoms with van der Waals surface area (Å²) in [5.41, 5.74) is 5.23. The van der Waals surface area contributed by atoms with Crippen LogP contribution < -0.4 is 16.4 Å². The Balaban J connectivity index is 4.18. The van der Waals surface area contributed by atoms with E-state index in [1.54, 1.807) is 13.8 Å². The number of hydrogen-bond donors (Lipinski definition) is 4. The van der Waals surface area contributed by atoms with E-state index in [4.69, 9.17) is 20.4 Å². The van der Waals surface area contributed by atoms with Crippen molar-refractivity contribution in [1.29, 1.82) is 0 Å². The Morgan fingerprint density at radius 3 is 2.64 bits per heavy atom. The van der Waals surface area contributed by atoms with Gasteiger partial charge in [0, 0.05) is 13.1 Å². The van der Waals surface area contributed by atoms with Crippen LogP contribution in [0.5, 0.6) is 0 Å². The molecule has 0 fully saturated rings. The quantitative estimate of drug-likeness (QED) is 0.113. The van der Waals surface area contributed by atoms with Crippen molar-refractivity contribution in [2.45, 2.75) is 39.2 Å². The monoisotopic (exact) mass is 318 g/mol. The van der Waals surface area contributed by atoms with Crippen molar-refractivity contribution in [3.05, 3.63) is 0 Å². The van der Waals surface area contributed by atoms with Crippen LogP contribution in [0.2, 0.25) is 0 Å². The van der Waals surface area contributed by atoms with E-state index in [0.29, 0.717) is 25.2 Å². The number of ether oxygens (including phenoxy) is 2. The van der Waals surface area contributed by atoms with Gasteiger partial charge in [0.2, 0.25) is 0 Å². The first-order valence-electron chi connectivity index (χ1n) is 7.27. The van der Waals surface area contributed by atoms with Gasteiger partial charge in [-0.25, -0.2) is 9.59 Å². The number of carbonyl (C=O) groups excluding carboxylic acids is 2. The molecule has 0 saturated carbocycles. The van der Waals surface area contributed by atoms with Gasteiger partial charge in [-0.1, -0.05) is 5.16 Å². The van der Waals surface area contributed by atoms with Gasteiger partial charge in [-0.3, -0.25) is 0 Å². The van der Waals surface area contributed by atoms with Crippen LogP contribution in [0.4, 0.5) is 4.79 Å². The van der Waals surface area contributed by atoms with Crippen molar-refractivity contribution in [2.24, 2.45) is 10.9 Å². The third-order valence-electron chi connectivity index (χ3n) is 2.66. The van der Waals surface area contributed by atoms with Gasteiger partial charge in [0.05, 0.1) is 6.61 Å². The lowest BCUT2D eigenvalue weighted by molar-refractivity contribution is -0.145. The first kappa shape index (κ1) is 20.0. The van der Waals surface area contributed by atoms with Gasteiger partial charge in [-0.15, -0.1) is 0 Å². The highest BCUT2D eigenvalue weighted by atomic mass is 16.6. The number of nitrogens with one attached hydrogen (secondary N) is 2. The first-order chi connectivity index (χ1) is 10.5. The zero-order chi connectivity index (χ0) is 16.8. The molecular weight excluding hydrogens is 292 g/mol. The van der Waals surface area contributed by atoms with Crippen molar-refractivity contribution in [3.8, 4) is 0 Å². The number of amides is 1. The van der Waals surface area contributed by atoms with Crippen LogP contribution in [0.1, 0.15) is 33.1 Å². The van der Waals surface area contributed by atoms with Crippen LogP contribution in [0.25, 0.3) is 0 Å².